The van der Waals surface area contributed by atoms with Crippen molar-refractivity contribution in [3.63, 3.8) is 0 Å². The third-order valence-electron chi connectivity index (χ3n) is 1.15. The van der Waals surface area contributed by atoms with Gasteiger partial charge in [-0.15, -0.1) is 0 Å². The predicted octanol–water partition coefficient (Wildman–Crippen LogP) is 0.0199. The lowest BCUT2D eigenvalue weighted by molar-refractivity contribution is -0.408. The number of amides is 1. The second-order valence-electron chi connectivity index (χ2n) is 1.73. The maximum absolute atomic E-state index is 10.5. The van der Waals surface area contributed by atoms with E-state index in [9.17, 15) is 4.79 Å². The maximum atomic E-state index is 10.5. The van der Waals surface area contributed by atoms with Gasteiger partial charge in [-0.2, -0.15) is 4.58 Å². The summed E-state index contributed by atoms with van der Waals surface area (Å²) >= 11 is 0. The molecule has 7 heavy (non-hydrogen) atoms. The molecular weight excluding hydrogens is 90.1 g/mol. The van der Waals surface area contributed by atoms with E-state index in [0.717, 1.165) is 6.42 Å². The van der Waals surface area contributed by atoms with E-state index in [2.05, 4.69) is 0 Å². The summed E-state index contributed by atoms with van der Waals surface area (Å²) in [6.45, 7) is 0. The summed E-state index contributed by atoms with van der Waals surface area (Å²) in [5.41, 5.74) is 0. The molecule has 0 saturated carbocycles. The van der Waals surface area contributed by atoms with Crippen LogP contribution in [0.4, 0.5) is 0 Å². The normalized spacial score (nSPS) is 20.1. The van der Waals surface area contributed by atoms with Crippen molar-refractivity contribution in [1.82, 2.24) is 0 Å². The fourth-order valence-electron chi connectivity index (χ4n) is 0.660. The average molecular weight is 98.1 g/mol. The highest BCUT2D eigenvalue weighted by atomic mass is 16.2. The van der Waals surface area contributed by atoms with E-state index in [-0.39, 0.29) is 5.91 Å². The van der Waals surface area contributed by atoms with Crippen LogP contribution in [0.2, 0.25) is 0 Å². The molecule has 2 nitrogen and oxygen atoms in total. The molecular formula is C5H8NO+. The van der Waals surface area contributed by atoms with Gasteiger partial charge in [-0.05, 0) is 0 Å². The zero-order valence-corrected chi connectivity index (χ0v) is 4.35. The average Bonchev–Trinajstić information content (AvgIpc) is 1.91. The number of nitrogens with zero attached hydrogens (tertiary/aromatic N) is 1. The van der Waals surface area contributed by atoms with Crippen LogP contribution < -0.4 is 0 Å². The summed E-state index contributed by atoms with van der Waals surface area (Å²) in [7, 11) is 1.79. The molecule has 1 rings (SSSR count). The SMILES string of the molecule is C[N+]1=CCCC1=O. The Kier molecular flexibility index (Phi) is 0.929. The van der Waals surface area contributed by atoms with Gasteiger partial charge in [0.15, 0.2) is 0 Å². The van der Waals surface area contributed by atoms with Gasteiger partial charge in [-0.3, -0.25) is 0 Å². The molecule has 0 fully saturated rings. The van der Waals surface area contributed by atoms with E-state index >= 15 is 0 Å². The van der Waals surface area contributed by atoms with Gasteiger partial charge in [0, 0.05) is 6.42 Å². The Bertz CT molecular complexity index is 126. The molecule has 38 valence electrons. The quantitative estimate of drug-likeness (QED) is 0.391. The van der Waals surface area contributed by atoms with Crippen molar-refractivity contribution < 1.29 is 9.37 Å². The van der Waals surface area contributed by atoms with Gasteiger partial charge in [0.1, 0.15) is 13.3 Å². The number of carbonyl (C=O) groups is 1. The van der Waals surface area contributed by atoms with E-state index in [0.29, 0.717) is 6.42 Å². The second kappa shape index (κ2) is 1.45. The third kappa shape index (κ3) is 0.683. The van der Waals surface area contributed by atoms with Crippen LogP contribution in [-0.4, -0.2) is 23.7 Å². The van der Waals surface area contributed by atoms with Crippen LogP contribution >= 0.6 is 0 Å². The molecule has 2 heteroatoms. The Morgan fingerprint density at radius 3 is 2.71 bits per heavy atom. The lowest BCUT2D eigenvalue weighted by Gasteiger charge is -1.76. The van der Waals surface area contributed by atoms with E-state index in [1.165, 1.54) is 0 Å². The van der Waals surface area contributed by atoms with Gasteiger partial charge in [0.2, 0.25) is 0 Å². The molecule has 0 spiro atoms. The maximum Gasteiger partial charge on any atom is 0.386 e. The summed E-state index contributed by atoms with van der Waals surface area (Å²) < 4.78 is 1.64. The molecule has 0 unspecified atom stereocenters. The van der Waals surface area contributed by atoms with E-state index in [4.69, 9.17) is 0 Å². The smallest absolute Gasteiger partial charge is 0.220 e. The number of hydrogen-bond acceptors (Lipinski definition) is 1. The molecule has 0 atom stereocenters. The van der Waals surface area contributed by atoms with E-state index in [1.54, 1.807) is 11.6 Å². The van der Waals surface area contributed by atoms with Crippen molar-refractivity contribution in [2.45, 2.75) is 12.8 Å². The first-order valence-electron chi connectivity index (χ1n) is 2.39. The van der Waals surface area contributed by atoms with Crippen LogP contribution in [0.1, 0.15) is 12.8 Å². The van der Waals surface area contributed by atoms with Crippen molar-refractivity contribution in [1.29, 1.82) is 0 Å². The predicted molar refractivity (Wildman–Crippen MR) is 26.5 cm³/mol. The first kappa shape index (κ1) is 4.50. The van der Waals surface area contributed by atoms with Gasteiger partial charge in [-0.25, -0.2) is 4.79 Å². The lowest BCUT2D eigenvalue weighted by atomic mass is 10.4. The highest BCUT2D eigenvalue weighted by Gasteiger charge is 2.17. The van der Waals surface area contributed by atoms with Crippen molar-refractivity contribution in [2.75, 3.05) is 7.05 Å². The molecule has 0 aliphatic carbocycles. The molecule has 0 aromatic rings. The second-order valence-corrected chi connectivity index (χ2v) is 1.73. The summed E-state index contributed by atoms with van der Waals surface area (Å²) in [5, 5.41) is 0. The summed E-state index contributed by atoms with van der Waals surface area (Å²) in [6.07, 6.45) is 3.54. The van der Waals surface area contributed by atoms with Crippen molar-refractivity contribution in [2.24, 2.45) is 0 Å². The lowest BCUT2D eigenvalue weighted by Crippen LogP contribution is -2.07. The molecule has 0 N–H and O–H groups in total. The van der Waals surface area contributed by atoms with Crippen LogP contribution in [0.25, 0.3) is 0 Å². The van der Waals surface area contributed by atoms with Crippen LogP contribution in [0, 0.1) is 0 Å². The number of rotatable bonds is 0. The van der Waals surface area contributed by atoms with Crippen LogP contribution in [0.3, 0.4) is 0 Å². The topological polar surface area (TPSA) is 20.1 Å². The van der Waals surface area contributed by atoms with Crippen molar-refractivity contribution in [3.8, 4) is 0 Å². The Morgan fingerprint density at radius 1 is 1.86 bits per heavy atom. The Morgan fingerprint density at radius 2 is 2.57 bits per heavy atom. The highest BCUT2D eigenvalue weighted by Crippen LogP contribution is 1.94. The van der Waals surface area contributed by atoms with Crippen molar-refractivity contribution >= 4 is 12.1 Å². The van der Waals surface area contributed by atoms with E-state index < -0.39 is 0 Å². The van der Waals surface area contributed by atoms with Gasteiger partial charge in [0.25, 0.3) is 0 Å². The molecule has 1 heterocycles. The zero-order valence-electron chi connectivity index (χ0n) is 4.35. The molecule has 1 aliphatic heterocycles. The van der Waals surface area contributed by atoms with Crippen molar-refractivity contribution in [3.05, 3.63) is 0 Å². The summed E-state index contributed by atoms with van der Waals surface area (Å²) in [5.74, 6) is 0.236. The monoisotopic (exact) mass is 98.1 g/mol. The summed E-state index contributed by atoms with van der Waals surface area (Å²) in [4.78, 5) is 10.5. The standard InChI is InChI=1S/C5H8NO/c1-6-4-2-3-5(6)7/h4H,2-3H2,1H3/q+1. The van der Waals surface area contributed by atoms with Gasteiger partial charge >= 0.3 is 5.91 Å². The summed E-state index contributed by atoms with van der Waals surface area (Å²) in [6, 6.07) is 0. The van der Waals surface area contributed by atoms with Gasteiger partial charge in [-0.1, -0.05) is 0 Å². The Labute approximate surface area is 42.5 Å². The zero-order chi connectivity index (χ0) is 5.28. The third-order valence-corrected chi connectivity index (χ3v) is 1.15. The minimum Gasteiger partial charge on any atom is -0.220 e. The number of carbonyl (C=O) groups excluding carboxylic acids is 1. The van der Waals surface area contributed by atoms with Crippen LogP contribution in [-0.2, 0) is 4.79 Å². The molecule has 0 aromatic carbocycles. The van der Waals surface area contributed by atoms with Gasteiger partial charge < -0.3 is 0 Å². The molecule has 0 aromatic heterocycles. The molecule has 1 amide bonds. The first-order valence-corrected chi connectivity index (χ1v) is 2.39. The number of hydrogen-bond donors (Lipinski definition) is 0. The fourth-order valence-corrected chi connectivity index (χ4v) is 0.660. The molecule has 0 radical (unpaired) electrons. The minimum absolute atomic E-state index is 0.236. The van der Waals surface area contributed by atoms with Crippen LogP contribution in [0.5, 0.6) is 0 Å². The van der Waals surface area contributed by atoms with E-state index in [1.807, 2.05) is 6.21 Å². The minimum atomic E-state index is 0.236. The first-order chi connectivity index (χ1) is 3.30. The van der Waals surface area contributed by atoms with Gasteiger partial charge in [0.05, 0.1) is 6.42 Å². The molecule has 1 aliphatic rings. The largest absolute Gasteiger partial charge is 0.386 e. The Hall–Kier alpha value is -0.660. The molecule has 0 bridgehead atoms. The van der Waals surface area contributed by atoms with Crippen LogP contribution in [0.15, 0.2) is 0 Å². The fraction of sp³-hybridized carbons (Fsp3) is 0.600. The Balaban J connectivity index is 2.72. The molecule has 0 saturated heterocycles. The highest BCUT2D eigenvalue weighted by molar-refractivity contribution is 5.79.